The fourth-order valence-electron chi connectivity index (χ4n) is 2.52. The summed E-state index contributed by atoms with van der Waals surface area (Å²) in [6.45, 7) is 0. The molecule has 2 aliphatic carbocycles. The second kappa shape index (κ2) is 5.25. The van der Waals surface area contributed by atoms with E-state index in [4.69, 9.17) is 0 Å². The Bertz CT molecular complexity index is 166. The van der Waals surface area contributed by atoms with E-state index >= 15 is 0 Å². The molecule has 0 heterocycles. The zero-order valence-electron chi connectivity index (χ0n) is 8.93. The SMILES string of the molecule is BrCC1(CSC2CCCCC2)CCC1. The third-order valence-corrected chi connectivity index (χ3v) is 6.79. The van der Waals surface area contributed by atoms with Crippen molar-refractivity contribution in [3.05, 3.63) is 0 Å². The highest BCUT2D eigenvalue weighted by Gasteiger charge is 2.36. The largest absolute Gasteiger partial charge is 0.158 e. The number of thioether (sulfide) groups is 1. The fraction of sp³-hybridized carbons (Fsp3) is 1.00. The van der Waals surface area contributed by atoms with Gasteiger partial charge in [-0.15, -0.1) is 0 Å². The van der Waals surface area contributed by atoms with Gasteiger partial charge < -0.3 is 0 Å². The highest BCUT2D eigenvalue weighted by Crippen LogP contribution is 2.46. The Morgan fingerprint density at radius 1 is 1.07 bits per heavy atom. The molecule has 0 aromatic heterocycles. The van der Waals surface area contributed by atoms with Gasteiger partial charge in [0.1, 0.15) is 0 Å². The first-order valence-electron chi connectivity index (χ1n) is 6.02. The second-order valence-corrected chi connectivity index (χ2v) is 6.91. The number of halogens is 1. The Morgan fingerprint density at radius 2 is 1.79 bits per heavy atom. The van der Waals surface area contributed by atoms with Crippen LogP contribution < -0.4 is 0 Å². The molecule has 0 aromatic carbocycles. The summed E-state index contributed by atoms with van der Waals surface area (Å²) >= 11 is 5.97. The van der Waals surface area contributed by atoms with Crippen molar-refractivity contribution < 1.29 is 0 Å². The lowest BCUT2D eigenvalue weighted by atomic mass is 9.72. The van der Waals surface area contributed by atoms with Crippen molar-refractivity contribution in [2.75, 3.05) is 11.1 Å². The molecule has 0 amide bonds. The first-order chi connectivity index (χ1) is 6.85. The Kier molecular flexibility index (Phi) is 4.24. The quantitative estimate of drug-likeness (QED) is 0.676. The third-order valence-electron chi connectivity index (χ3n) is 3.88. The molecule has 0 nitrogen and oxygen atoms in total. The molecule has 2 saturated carbocycles. The lowest BCUT2D eigenvalue weighted by molar-refractivity contribution is 0.206. The molecular formula is C12H21BrS. The van der Waals surface area contributed by atoms with Gasteiger partial charge in [0, 0.05) is 10.6 Å². The van der Waals surface area contributed by atoms with Gasteiger partial charge in [-0.25, -0.2) is 0 Å². The van der Waals surface area contributed by atoms with Crippen LogP contribution >= 0.6 is 27.7 Å². The number of alkyl halides is 1. The Balaban J connectivity index is 1.69. The van der Waals surface area contributed by atoms with Crippen LogP contribution in [0.1, 0.15) is 51.4 Å². The van der Waals surface area contributed by atoms with Gasteiger partial charge >= 0.3 is 0 Å². The van der Waals surface area contributed by atoms with Crippen LogP contribution in [0, 0.1) is 5.41 Å². The van der Waals surface area contributed by atoms with Crippen molar-refractivity contribution in [2.45, 2.75) is 56.6 Å². The monoisotopic (exact) mass is 276 g/mol. The predicted molar refractivity (Wildman–Crippen MR) is 69.4 cm³/mol. The minimum Gasteiger partial charge on any atom is -0.158 e. The van der Waals surface area contributed by atoms with Gasteiger partial charge in [0.25, 0.3) is 0 Å². The van der Waals surface area contributed by atoms with E-state index in [9.17, 15) is 0 Å². The van der Waals surface area contributed by atoms with Crippen LogP contribution in [0.4, 0.5) is 0 Å². The summed E-state index contributed by atoms with van der Waals surface area (Å²) in [6.07, 6.45) is 11.8. The van der Waals surface area contributed by atoms with Crippen LogP contribution in [0.15, 0.2) is 0 Å². The zero-order chi connectivity index (χ0) is 9.86. The first kappa shape index (κ1) is 11.3. The van der Waals surface area contributed by atoms with Crippen molar-refractivity contribution in [3.63, 3.8) is 0 Å². The van der Waals surface area contributed by atoms with Gasteiger partial charge in [-0.05, 0) is 36.9 Å². The predicted octanol–water partition coefficient (Wildman–Crippen LogP) is 4.62. The zero-order valence-corrected chi connectivity index (χ0v) is 11.3. The van der Waals surface area contributed by atoms with Gasteiger partial charge in [-0.2, -0.15) is 11.8 Å². The first-order valence-corrected chi connectivity index (χ1v) is 8.19. The number of rotatable bonds is 4. The van der Waals surface area contributed by atoms with Crippen molar-refractivity contribution in [3.8, 4) is 0 Å². The van der Waals surface area contributed by atoms with Crippen molar-refractivity contribution in [1.82, 2.24) is 0 Å². The van der Waals surface area contributed by atoms with E-state index in [1.54, 1.807) is 0 Å². The molecule has 2 fully saturated rings. The lowest BCUT2D eigenvalue weighted by Crippen LogP contribution is -2.34. The maximum absolute atomic E-state index is 3.70. The van der Waals surface area contributed by atoms with Gasteiger partial charge in [-0.3, -0.25) is 0 Å². The van der Waals surface area contributed by atoms with Crippen LogP contribution in [0.25, 0.3) is 0 Å². The second-order valence-electron chi connectivity index (χ2n) is 5.06. The molecule has 0 N–H and O–H groups in total. The molecule has 2 heteroatoms. The van der Waals surface area contributed by atoms with E-state index < -0.39 is 0 Å². The standard InChI is InChI=1S/C12H21BrS/c13-9-12(7-4-8-12)10-14-11-5-2-1-3-6-11/h11H,1-10H2. The molecule has 0 aromatic rings. The lowest BCUT2D eigenvalue weighted by Gasteiger charge is -2.41. The molecule has 2 aliphatic rings. The molecule has 0 unspecified atom stereocenters. The Hall–Kier alpha value is 0.830. The smallest absolute Gasteiger partial charge is 0.00958 e. The summed E-state index contributed by atoms with van der Waals surface area (Å²) in [4.78, 5) is 0. The van der Waals surface area contributed by atoms with Gasteiger partial charge in [0.15, 0.2) is 0 Å². The van der Waals surface area contributed by atoms with Crippen LogP contribution in [0.3, 0.4) is 0 Å². The molecule has 82 valence electrons. The van der Waals surface area contributed by atoms with Crippen molar-refractivity contribution in [1.29, 1.82) is 0 Å². The summed E-state index contributed by atoms with van der Waals surface area (Å²) in [5.74, 6) is 1.42. The van der Waals surface area contributed by atoms with Gasteiger partial charge in [-0.1, -0.05) is 41.6 Å². The average molecular weight is 277 g/mol. The normalized spacial score (nSPS) is 27.2. The molecule has 0 saturated heterocycles. The van der Waals surface area contributed by atoms with E-state index in [2.05, 4.69) is 27.7 Å². The molecule has 0 aliphatic heterocycles. The van der Waals surface area contributed by atoms with Crippen molar-refractivity contribution in [2.24, 2.45) is 5.41 Å². The van der Waals surface area contributed by atoms with E-state index in [1.807, 2.05) is 0 Å². The molecule has 0 radical (unpaired) electrons. The molecule has 0 spiro atoms. The molecule has 2 rings (SSSR count). The molecule has 0 bridgehead atoms. The number of hydrogen-bond acceptors (Lipinski definition) is 1. The number of hydrogen-bond donors (Lipinski definition) is 0. The molecule has 0 atom stereocenters. The summed E-state index contributed by atoms with van der Waals surface area (Å²) in [6, 6.07) is 0. The van der Waals surface area contributed by atoms with E-state index in [0.29, 0.717) is 5.41 Å². The van der Waals surface area contributed by atoms with E-state index in [-0.39, 0.29) is 0 Å². The molecular weight excluding hydrogens is 256 g/mol. The fourth-order valence-corrected chi connectivity index (χ4v) is 5.19. The third kappa shape index (κ3) is 2.69. The summed E-state index contributed by atoms with van der Waals surface area (Å²) in [7, 11) is 0. The summed E-state index contributed by atoms with van der Waals surface area (Å²) in [5, 5.41) is 2.24. The minimum atomic E-state index is 0.697. The minimum absolute atomic E-state index is 0.697. The van der Waals surface area contributed by atoms with Gasteiger partial charge in [0.05, 0.1) is 0 Å². The van der Waals surface area contributed by atoms with E-state index in [1.165, 1.54) is 62.4 Å². The Labute approximate surface area is 101 Å². The van der Waals surface area contributed by atoms with Crippen LogP contribution in [-0.4, -0.2) is 16.3 Å². The maximum atomic E-state index is 3.70. The highest BCUT2D eigenvalue weighted by atomic mass is 79.9. The highest BCUT2D eigenvalue weighted by molar-refractivity contribution is 9.09. The van der Waals surface area contributed by atoms with Crippen LogP contribution in [0.2, 0.25) is 0 Å². The molecule has 14 heavy (non-hydrogen) atoms. The topological polar surface area (TPSA) is 0 Å². The average Bonchev–Trinajstić information content (AvgIpc) is 2.19. The van der Waals surface area contributed by atoms with Crippen LogP contribution in [-0.2, 0) is 0 Å². The van der Waals surface area contributed by atoms with Crippen LogP contribution in [0.5, 0.6) is 0 Å². The van der Waals surface area contributed by atoms with Gasteiger partial charge in [0.2, 0.25) is 0 Å². The summed E-state index contributed by atoms with van der Waals surface area (Å²) in [5.41, 5.74) is 0.697. The Morgan fingerprint density at radius 3 is 2.29 bits per heavy atom. The van der Waals surface area contributed by atoms with Crippen molar-refractivity contribution >= 4 is 27.7 Å². The maximum Gasteiger partial charge on any atom is 0.00958 e. The van der Waals surface area contributed by atoms with E-state index in [0.717, 1.165) is 5.25 Å². The summed E-state index contributed by atoms with van der Waals surface area (Å²) < 4.78 is 0.